The number of hydrogen-bond donors (Lipinski definition) is 1. The van der Waals surface area contributed by atoms with Gasteiger partial charge in [0.25, 0.3) is 5.91 Å². The van der Waals surface area contributed by atoms with Crippen LogP contribution in [0.4, 0.5) is 11.4 Å². The predicted octanol–water partition coefficient (Wildman–Crippen LogP) is 3.31. The molecule has 0 spiro atoms. The summed E-state index contributed by atoms with van der Waals surface area (Å²) in [6.07, 6.45) is 0.192. The molecule has 1 unspecified atom stereocenters. The number of rotatable bonds is 4. The van der Waals surface area contributed by atoms with Gasteiger partial charge in [0.15, 0.2) is 6.10 Å². The number of aryl methyl sites for hydroxylation is 1. The van der Waals surface area contributed by atoms with Gasteiger partial charge in [-0.25, -0.2) is 0 Å². The molecule has 0 saturated heterocycles. The highest BCUT2D eigenvalue weighted by molar-refractivity contribution is 5.96. The first-order valence-corrected chi connectivity index (χ1v) is 8.39. The smallest absolute Gasteiger partial charge is 0.265 e. The van der Waals surface area contributed by atoms with Gasteiger partial charge in [-0.2, -0.15) is 0 Å². The second-order valence-corrected chi connectivity index (χ2v) is 6.33. The Morgan fingerprint density at radius 1 is 1.20 bits per heavy atom. The van der Waals surface area contributed by atoms with Crippen LogP contribution in [-0.4, -0.2) is 24.5 Å². The number of hydrogen-bond acceptors (Lipinski definition) is 3. The molecule has 1 N–H and O–H groups in total. The molecule has 1 aliphatic rings. The minimum Gasteiger partial charge on any atom is -0.481 e. The predicted molar refractivity (Wildman–Crippen MR) is 98.1 cm³/mol. The molecular weight excluding hydrogens is 316 g/mol. The summed E-state index contributed by atoms with van der Waals surface area (Å²) in [4.78, 5) is 25.7. The molecule has 0 aromatic heterocycles. The van der Waals surface area contributed by atoms with Gasteiger partial charge in [0.2, 0.25) is 5.91 Å². The first-order chi connectivity index (χ1) is 11.9. The zero-order valence-corrected chi connectivity index (χ0v) is 14.7. The summed E-state index contributed by atoms with van der Waals surface area (Å²) in [6.45, 7) is 5.96. The maximum atomic E-state index is 12.4. The highest BCUT2D eigenvalue weighted by atomic mass is 16.5. The Morgan fingerprint density at radius 3 is 2.72 bits per heavy atom. The van der Waals surface area contributed by atoms with E-state index in [-0.39, 0.29) is 11.8 Å². The van der Waals surface area contributed by atoms with Crippen LogP contribution in [0.2, 0.25) is 0 Å². The zero-order chi connectivity index (χ0) is 18.0. The quantitative estimate of drug-likeness (QED) is 0.930. The highest BCUT2D eigenvalue weighted by Gasteiger charge is 2.23. The Hall–Kier alpha value is -2.82. The monoisotopic (exact) mass is 338 g/mol. The largest absolute Gasteiger partial charge is 0.481 e. The summed E-state index contributed by atoms with van der Waals surface area (Å²) in [5.74, 6) is 0.507. The average molecular weight is 338 g/mol. The first kappa shape index (κ1) is 17.0. The summed E-state index contributed by atoms with van der Waals surface area (Å²) in [5, 5.41) is 2.88. The number of nitrogens with zero attached hydrogens (tertiary/aromatic N) is 1. The molecule has 2 aromatic rings. The van der Waals surface area contributed by atoms with Crippen LogP contribution in [0.15, 0.2) is 42.5 Å². The van der Waals surface area contributed by atoms with Crippen molar-refractivity contribution in [1.29, 1.82) is 0 Å². The van der Waals surface area contributed by atoms with Crippen molar-refractivity contribution >= 4 is 23.2 Å². The molecule has 2 aromatic carbocycles. The van der Waals surface area contributed by atoms with Gasteiger partial charge < -0.3 is 15.0 Å². The second kappa shape index (κ2) is 6.97. The highest BCUT2D eigenvalue weighted by Crippen LogP contribution is 2.30. The van der Waals surface area contributed by atoms with Crippen LogP contribution in [0.25, 0.3) is 0 Å². The number of carbonyl (C=O) groups is 2. The maximum Gasteiger partial charge on any atom is 0.265 e. The van der Waals surface area contributed by atoms with E-state index < -0.39 is 6.10 Å². The van der Waals surface area contributed by atoms with E-state index in [9.17, 15) is 9.59 Å². The van der Waals surface area contributed by atoms with E-state index in [0.29, 0.717) is 18.0 Å². The van der Waals surface area contributed by atoms with Gasteiger partial charge in [0, 0.05) is 24.8 Å². The van der Waals surface area contributed by atoms with Gasteiger partial charge in [-0.3, -0.25) is 9.59 Å². The number of carbonyl (C=O) groups excluding carboxylic acids is 2. The van der Waals surface area contributed by atoms with Crippen molar-refractivity contribution in [1.82, 2.24) is 0 Å². The molecule has 5 heteroatoms. The van der Waals surface area contributed by atoms with E-state index in [1.165, 1.54) is 0 Å². The van der Waals surface area contributed by atoms with E-state index in [1.54, 1.807) is 18.7 Å². The third kappa shape index (κ3) is 3.82. The van der Waals surface area contributed by atoms with Crippen LogP contribution in [0.5, 0.6) is 5.75 Å². The van der Waals surface area contributed by atoms with Gasteiger partial charge in [-0.15, -0.1) is 0 Å². The van der Waals surface area contributed by atoms with Crippen LogP contribution in [0, 0.1) is 6.92 Å². The molecule has 0 radical (unpaired) electrons. The Bertz CT molecular complexity index is 816. The van der Waals surface area contributed by atoms with E-state index in [0.717, 1.165) is 23.2 Å². The van der Waals surface area contributed by atoms with Crippen molar-refractivity contribution in [2.24, 2.45) is 0 Å². The molecule has 0 aliphatic carbocycles. The summed E-state index contributed by atoms with van der Waals surface area (Å²) in [5.41, 5.74) is 3.79. The summed E-state index contributed by atoms with van der Waals surface area (Å²) >= 11 is 0. The molecule has 0 bridgehead atoms. The summed E-state index contributed by atoms with van der Waals surface area (Å²) in [6, 6.07) is 13.2. The molecule has 2 amide bonds. The van der Waals surface area contributed by atoms with Gasteiger partial charge in [-0.05, 0) is 61.7 Å². The Morgan fingerprint density at radius 2 is 2.00 bits per heavy atom. The summed E-state index contributed by atoms with van der Waals surface area (Å²) in [7, 11) is 0. The Balaban J connectivity index is 1.66. The molecule has 1 heterocycles. The Labute approximate surface area is 147 Å². The lowest BCUT2D eigenvalue weighted by atomic mass is 10.1. The molecule has 5 nitrogen and oxygen atoms in total. The van der Waals surface area contributed by atoms with Gasteiger partial charge in [0.05, 0.1) is 0 Å². The fourth-order valence-corrected chi connectivity index (χ4v) is 3.00. The van der Waals surface area contributed by atoms with Crippen LogP contribution in [-0.2, 0) is 16.0 Å². The number of fused-ring (bicyclic) bond motifs is 1. The second-order valence-electron chi connectivity index (χ2n) is 6.33. The van der Waals surface area contributed by atoms with E-state index in [2.05, 4.69) is 5.32 Å². The zero-order valence-electron chi connectivity index (χ0n) is 14.7. The fourth-order valence-electron chi connectivity index (χ4n) is 3.00. The van der Waals surface area contributed by atoms with Crippen molar-refractivity contribution in [3.8, 4) is 5.75 Å². The van der Waals surface area contributed by atoms with Crippen molar-refractivity contribution in [3.63, 3.8) is 0 Å². The molecular formula is C20H22N2O3. The lowest BCUT2D eigenvalue weighted by Crippen LogP contribution is -2.30. The van der Waals surface area contributed by atoms with E-state index in [4.69, 9.17) is 4.74 Å². The summed E-state index contributed by atoms with van der Waals surface area (Å²) < 4.78 is 5.71. The van der Waals surface area contributed by atoms with Crippen LogP contribution < -0.4 is 15.0 Å². The lowest BCUT2D eigenvalue weighted by molar-refractivity contribution is -0.122. The minimum absolute atomic E-state index is 0.0377. The number of nitrogens with one attached hydrogen (secondary N) is 1. The van der Waals surface area contributed by atoms with Crippen molar-refractivity contribution in [2.45, 2.75) is 33.3 Å². The minimum atomic E-state index is -0.608. The maximum absolute atomic E-state index is 12.4. The van der Waals surface area contributed by atoms with E-state index >= 15 is 0 Å². The molecule has 1 aliphatic heterocycles. The third-order valence-electron chi connectivity index (χ3n) is 4.29. The van der Waals surface area contributed by atoms with Gasteiger partial charge >= 0.3 is 0 Å². The molecule has 25 heavy (non-hydrogen) atoms. The number of anilines is 2. The molecule has 0 fully saturated rings. The standard InChI is InChI=1S/C20H22N2O3/c1-13-5-4-6-18(11-13)25-14(2)20(24)21-17-7-8-19-16(12-17)9-10-22(19)15(3)23/h4-8,11-12,14H,9-10H2,1-3H3,(H,21,24). The van der Waals surface area contributed by atoms with Gasteiger partial charge in [0.1, 0.15) is 5.75 Å². The fraction of sp³-hybridized carbons (Fsp3) is 0.300. The van der Waals surface area contributed by atoms with Crippen molar-refractivity contribution < 1.29 is 14.3 Å². The molecule has 0 saturated carbocycles. The van der Waals surface area contributed by atoms with Crippen molar-refractivity contribution in [3.05, 3.63) is 53.6 Å². The lowest BCUT2D eigenvalue weighted by Gasteiger charge is -2.17. The average Bonchev–Trinajstić information content (AvgIpc) is 2.98. The third-order valence-corrected chi connectivity index (χ3v) is 4.29. The van der Waals surface area contributed by atoms with Crippen molar-refractivity contribution in [2.75, 3.05) is 16.8 Å². The molecule has 3 rings (SSSR count). The number of ether oxygens (including phenoxy) is 1. The van der Waals surface area contributed by atoms with E-state index in [1.807, 2.05) is 49.4 Å². The Kier molecular flexibility index (Phi) is 4.74. The number of benzene rings is 2. The van der Waals surface area contributed by atoms with Crippen LogP contribution in [0.3, 0.4) is 0 Å². The SMILES string of the molecule is CC(=O)N1CCc2cc(NC(=O)C(C)Oc3cccc(C)c3)ccc21. The number of amides is 2. The normalized spacial score (nSPS) is 14.0. The molecule has 130 valence electrons. The van der Waals surface area contributed by atoms with Gasteiger partial charge in [-0.1, -0.05) is 12.1 Å². The molecule has 1 atom stereocenters. The van der Waals surface area contributed by atoms with Crippen LogP contribution >= 0.6 is 0 Å². The topological polar surface area (TPSA) is 58.6 Å². The first-order valence-electron chi connectivity index (χ1n) is 8.39. The van der Waals surface area contributed by atoms with Crippen LogP contribution in [0.1, 0.15) is 25.0 Å².